The maximum absolute atomic E-state index is 14.7. The Balaban J connectivity index is 1.61. The van der Waals surface area contributed by atoms with E-state index < -0.39 is 28.5 Å². The number of carbonyl (C=O) groups is 2. The van der Waals surface area contributed by atoms with Gasteiger partial charge in [-0.2, -0.15) is 0 Å². The zero-order valence-corrected chi connectivity index (χ0v) is 29.9. The molecule has 252 valence electrons. The number of benzene rings is 4. The molecule has 0 heterocycles. The van der Waals surface area contributed by atoms with Crippen molar-refractivity contribution in [2.75, 3.05) is 10.8 Å². The van der Waals surface area contributed by atoms with E-state index in [9.17, 15) is 18.0 Å². The number of halogens is 3. The van der Waals surface area contributed by atoms with Gasteiger partial charge in [0, 0.05) is 34.1 Å². The van der Waals surface area contributed by atoms with E-state index in [1.807, 2.05) is 37.3 Å². The van der Waals surface area contributed by atoms with Crippen LogP contribution in [0.4, 0.5) is 5.69 Å². The number of anilines is 1. The van der Waals surface area contributed by atoms with Gasteiger partial charge in [0.1, 0.15) is 12.6 Å². The fourth-order valence-electron chi connectivity index (χ4n) is 5.96. The molecule has 1 aliphatic rings. The Morgan fingerprint density at radius 1 is 0.854 bits per heavy atom. The molecule has 0 aromatic heterocycles. The molecule has 48 heavy (non-hydrogen) atoms. The standard InChI is InChI=1S/C37H38Cl3N3O4S/c1-25-12-18-32(19-13-25)48(46,47)43(34-22-30(39)16-14-26(34)2)24-36(44)42(23-28-15-17-29(38)21-33(28)40)35(20-27-8-4-3-5-9-27)37(45)41-31-10-6-7-11-31/h3-5,8-9,12-19,21-22,31,35H,6-7,10-11,20,23-24H2,1-2H3,(H,41,45)/t35-/m0/s1. The van der Waals surface area contributed by atoms with Gasteiger partial charge in [0.05, 0.1) is 10.6 Å². The van der Waals surface area contributed by atoms with Crippen molar-refractivity contribution in [3.8, 4) is 0 Å². The molecule has 5 rings (SSSR count). The van der Waals surface area contributed by atoms with E-state index in [1.54, 1.807) is 49.4 Å². The summed E-state index contributed by atoms with van der Waals surface area (Å²) >= 11 is 19.2. The van der Waals surface area contributed by atoms with Crippen LogP contribution in [0.15, 0.2) is 95.9 Å². The van der Waals surface area contributed by atoms with Crippen LogP contribution in [0.25, 0.3) is 0 Å². The van der Waals surface area contributed by atoms with Crippen LogP contribution in [0.2, 0.25) is 15.1 Å². The number of aryl methyl sites for hydroxylation is 2. The van der Waals surface area contributed by atoms with Gasteiger partial charge in [0.2, 0.25) is 11.8 Å². The summed E-state index contributed by atoms with van der Waals surface area (Å²) in [5.41, 5.74) is 3.16. The average molecular weight is 727 g/mol. The Labute approximate surface area is 297 Å². The number of nitrogens with one attached hydrogen (secondary N) is 1. The molecule has 0 aliphatic heterocycles. The predicted octanol–water partition coefficient (Wildman–Crippen LogP) is 8.16. The normalized spacial score (nSPS) is 14.0. The summed E-state index contributed by atoms with van der Waals surface area (Å²) in [6, 6.07) is 24.8. The highest BCUT2D eigenvalue weighted by Crippen LogP contribution is 2.31. The largest absolute Gasteiger partial charge is 0.352 e. The van der Waals surface area contributed by atoms with E-state index in [0.717, 1.165) is 41.1 Å². The molecular weight excluding hydrogens is 689 g/mol. The monoisotopic (exact) mass is 725 g/mol. The third-order valence-electron chi connectivity index (χ3n) is 8.66. The molecule has 11 heteroatoms. The number of carbonyl (C=O) groups excluding carboxylic acids is 2. The highest BCUT2D eigenvalue weighted by molar-refractivity contribution is 7.92. The van der Waals surface area contributed by atoms with Gasteiger partial charge in [0.25, 0.3) is 10.0 Å². The zero-order valence-electron chi connectivity index (χ0n) is 26.8. The lowest BCUT2D eigenvalue weighted by molar-refractivity contribution is -0.140. The lowest BCUT2D eigenvalue weighted by Crippen LogP contribution is -2.54. The van der Waals surface area contributed by atoms with Gasteiger partial charge in [-0.05, 0) is 79.8 Å². The molecule has 0 bridgehead atoms. The van der Waals surface area contributed by atoms with Crippen molar-refractivity contribution in [3.63, 3.8) is 0 Å². The second-order valence-corrected chi connectivity index (χ2v) is 15.4. The maximum Gasteiger partial charge on any atom is 0.264 e. The average Bonchev–Trinajstić information content (AvgIpc) is 3.57. The molecule has 1 saturated carbocycles. The molecule has 0 unspecified atom stereocenters. The van der Waals surface area contributed by atoms with E-state index >= 15 is 0 Å². The van der Waals surface area contributed by atoms with Crippen LogP contribution < -0.4 is 9.62 Å². The predicted molar refractivity (Wildman–Crippen MR) is 193 cm³/mol. The summed E-state index contributed by atoms with van der Waals surface area (Å²) in [5, 5.41) is 4.23. The molecule has 2 amide bonds. The number of amides is 2. The number of hydrogen-bond acceptors (Lipinski definition) is 4. The second-order valence-electron chi connectivity index (χ2n) is 12.2. The molecule has 1 atom stereocenters. The van der Waals surface area contributed by atoms with Gasteiger partial charge in [-0.15, -0.1) is 0 Å². The Bertz CT molecular complexity index is 1860. The van der Waals surface area contributed by atoms with E-state index in [2.05, 4.69) is 5.32 Å². The summed E-state index contributed by atoms with van der Waals surface area (Å²) in [4.78, 5) is 30.4. The molecule has 0 spiro atoms. The van der Waals surface area contributed by atoms with Gasteiger partial charge in [-0.1, -0.05) is 108 Å². The first-order valence-electron chi connectivity index (χ1n) is 15.9. The Morgan fingerprint density at radius 3 is 2.17 bits per heavy atom. The van der Waals surface area contributed by atoms with E-state index in [4.69, 9.17) is 34.8 Å². The van der Waals surface area contributed by atoms with Gasteiger partial charge in [0.15, 0.2) is 0 Å². The summed E-state index contributed by atoms with van der Waals surface area (Å²) in [5.74, 6) is -0.894. The van der Waals surface area contributed by atoms with E-state index in [1.165, 1.54) is 23.1 Å². The van der Waals surface area contributed by atoms with Crippen molar-refractivity contribution in [1.29, 1.82) is 0 Å². The van der Waals surface area contributed by atoms with Gasteiger partial charge in [-0.25, -0.2) is 8.42 Å². The van der Waals surface area contributed by atoms with E-state index in [0.29, 0.717) is 26.2 Å². The Kier molecular flexibility index (Phi) is 11.7. The maximum atomic E-state index is 14.7. The van der Waals surface area contributed by atoms with Crippen LogP contribution in [-0.2, 0) is 32.6 Å². The zero-order chi connectivity index (χ0) is 34.4. The molecule has 0 radical (unpaired) electrons. The summed E-state index contributed by atoms with van der Waals surface area (Å²) in [6.45, 7) is 2.97. The minimum Gasteiger partial charge on any atom is -0.352 e. The van der Waals surface area contributed by atoms with Crippen molar-refractivity contribution in [1.82, 2.24) is 10.2 Å². The van der Waals surface area contributed by atoms with E-state index in [-0.39, 0.29) is 35.5 Å². The molecule has 0 saturated heterocycles. The van der Waals surface area contributed by atoms with Crippen LogP contribution in [-0.4, -0.2) is 43.8 Å². The minimum atomic E-state index is -4.27. The summed E-state index contributed by atoms with van der Waals surface area (Å²) in [6.07, 6.45) is 3.95. The van der Waals surface area contributed by atoms with Crippen LogP contribution in [0.5, 0.6) is 0 Å². The number of nitrogens with zero attached hydrogens (tertiary/aromatic N) is 2. The number of hydrogen-bond donors (Lipinski definition) is 1. The molecule has 1 N–H and O–H groups in total. The van der Waals surface area contributed by atoms with Crippen molar-refractivity contribution in [3.05, 3.63) is 128 Å². The first kappa shape index (κ1) is 35.7. The summed E-state index contributed by atoms with van der Waals surface area (Å²) < 4.78 is 29.8. The highest BCUT2D eigenvalue weighted by atomic mass is 35.5. The number of rotatable bonds is 12. The quantitative estimate of drug-likeness (QED) is 0.160. The van der Waals surface area contributed by atoms with Crippen LogP contribution in [0, 0.1) is 13.8 Å². The molecule has 4 aromatic rings. The SMILES string of the molecule is Cc1ccc(S(=O)(=O)N(CC(=O)N(Cc2ccc(Cl)cc2Cl)[C@@H](Cc2ccccc2)C(=O)NC2CCCC2)c2cc(Cl)ccc2C)cc1. The van der Waals surface area contributed by atoms with Crippen LogP contribution >= 0.6 is 34.8 Å². The highest BCUT2D eigenvalue weighted by Gasteiger charge is 2.36. The van der Waals surface area contributed by atoms with Crippen LogP contribution in [0.3, 0.4) is 0 Å². The van der Waals surface area contributed by atoms with Gasteiger partial charge >= 0.3 is 0 Å². The lowest BCUT2D eigenvalue weighted by Gasteiger charge is -2.35. The lowest BCUT2D eigenvalue weighted by atomic mass is 10.0. The Hall–Kier alpha value is -3.56. The first-order chi connectivity index (χ1) is 22.9. The molecular formula is C37H38Cl3N3O4S. The molecule has 7 nitrogen and oxygen atoms in total. The number of sulfonamides is 1. The topological polar surface area (TPSA) is 86.8 Å². The van der Waals surface area contributed by atoms with Crippen molar-refractivity contribution >= 4 is 62.3 Å². The third kappa shape index (κ3) is 8.72. The third-order valence-corrected chi connectivity index (χ3v) is 11.3. The van der Waals surface area contributed by atoms with Crippen molar-refractivity contribution in [2.24, 2.45) is 0 Å². The second kappa shape index (κ2) is 15.8. The first-order valence-corrected chi connectivity index (χ1v) is 18.4. The molecule has 1 fully saturated rings. The van der Waals surface area contributed by atoms with Crippen molar-refractivity contribution < 1.29 is 18.0 Å². The summed E-state index contributed by atoms with van der Waals surface area (Å²) in [7, 11) is -4.27. The Morgan fingerprint density at radius 2 is 1.50 bits per heavy atom. The smallest absolute Gasteiger partial charge is 0.264 e. The molecule has 1 aliphatic carbocycles. The van der Waals surface area contributed by atoms with Gasteiger partial charge in [-0.3, -0.25) is 13.9 Å². The molecule has 4 aromatic carbocycles. The minimum absolute atomic E-state index is 0.000584. The van der Waals surface area contributed by atoms with Gasteiger partial charge < -0.3 is 10.2 Å². The fraction of sp³-hybridized carbons (Fsp3) is 0.297. The fourth-order valence-corrected chi connectivity index (χ4v) is 8.06. The van der Waals surface area contributed by atoms with Crippen LogP contribution in [0.1, 0.15) is 47.9 Å². The van der Waals surface area contributed by atoms with Crippen molar-refractivity contribution in [2.45, 2.75) is 69.5 Å².